The monoisotopic (exact) mass is 255 g/mol. The summed E-state index contributed by atoms with van der Waals surface area (Å²) in [7, 11) is 2.21. The van der Waals surface area contributed by atoms with Crippen molar-refractivity contribution < 1.29 is 4.74 Å². The van der Waals surface area contributed by atoms with E-state index in [1.165, 1.54) is 26.2 Å². The van der Waals surface area contributed by atoms with Crippen LogP contribution in [0.4, 0.5) is 0 Å². The van der Waals surface area contributed by atoms with Crippen molar-refractivity contribution in [2.75, 3.05) is 59.5 Å². The van der Waals surface area contributed by atoms with Crippen LogP contribution < -0.4 is 5.32 Å². The van der Waals surface area contributed by atoms with Crippen molar-refractivity contribution >= 4 is 0 Å². The summed E-state index contributed by atoms with van der Waals surface area (Å²) < 4.78 is 5.29. The predicted octanol–water partition coefficient (Wildman–Crippen LogP) is 0.639. The maximum atomic E-state index is 5.29. The van der Waals surface area contributed by atoms with Gasteiger partial charge in [0, 0.05) is 50.2 Å². The summed E-state index contributed by atoms with van der Waals surface area (Å²) in [6.07, 6.45) is 0. The van der Waals surface area contributed by atoms with Gasteiger partial charge in [-0.15, -0.1) is 0 Å². The van der Waals surface area contributed by atoms with Crippen molar-refractivity contribution in [2.24, 2.45) is 5.41 Å². The van der Waals surface area contributed by atoms with Crippen LogP contribution in [0.2, 0.25) is 0 Å². The van der Waals surface area contributed by atoms with Crippen molar-refractivity contribution in [3.63, 3.8) is 0 Å². The molecule has 2 aliphatic rings. The lowest BCUT2D eigenvalue weighted by Crippen LogP contribution is -2.58. The summed E-state index contributed by atoms with van der Waals surface area (Å²) in [6.45, 7) is 15.7. The Labute approximate surface area is 112 Å². The Morgan fingerprint density at radius 3 is 2.28 bits per heavy atom. The molecule has 2 saturated heterocycles. The lowest BCUT2D eigenvalue weighted by molar-refractivity contribution is -0.1000. The Morgan fingerprint density at radius 1 is 1.17 bits per heavy atom. The van der Waals surface area contributed by atoms with Gasteiger partial charge in [0.15, 0.2) is 0 Å². The molecule has 0 unspecified atom stereocenters. The lowest BCUT2D eigenvalue weighted by Gasteiger charge is -2.44. The van der Waals surface area contributed by atoms with Crippen molar-refractivity contribution in [3.8, 4) is 0 Å². The highest BCUT2D eigenvalue weighted by Gasteiger charge is 2.34. The van der Waals surface area contributed by atoms with Crippen LogP contribution in [0.3, 0.4) is 0 Å². The Morgan fingerprint density at radius 2 is 1.78 bits per heavy atom. The van der Waals surface area contributed by atoms with Crippen molar-refractivity contribution in [3.05, 3.63) is 0 Å². The maximum absolute atomic E-state index is 5.29. The van der Waals surface area contributed by atoms with Gasteiger partial charge >= 0.3 is 0 Å². The summed E-state index contributed by atoms with van der Waals surface area (Å²) in [6, 6.07) is 0. The van der Waals surface area contributed by atoms with Crippen molar-refractivity contribution in [1.82, 2.24) is 15.1 Å². The molecule has 0 aromatic heterocycles. The summed E-state index contributed by atoms with van der Waals surface area (Å²) in [5.74, 6) is 0. The van der Waals surface area contributed by atoms with Crippen molar-refractivity contribution in [2.45, 2.75) is 26.3 Å². The number of hydrogen-bond acceptors (Lipinski definition) is 4. The van der Waals surface area contributed by atoms with Gasteiger partial charge in [0.1, 0.15) is 0 Å². The van der Waals surface area contributed by atoms with Crippen LogP contribution in [0.25, 0.3) is 0 Å². The van der Waals surface area contributed by atoms with E-state index in [-0.39, 0.29) is 5.54 Å². The Bertz CT molecular complexity index is 268. The fourth-order valence-electron chi connectivity index (χ4n) is 2.75. The molecule has 0 spiro atoms. The molecule has 2 heterocycles. The summed E-state index contributed by atoms with van der Waals surface area (Å²) in [5, 5.41) is 3.64. The molecular weight excluding hydrogens is 226 g/mol. The highest BCUT2D eigenvalue weighted by molar-refractivity contribution is 4.89. The van der Waals surface area contributed by atoms with E-state index in [4.69, 9.17) is 4.74 Å². The van der Waals surface area contributed by atoms with Crippen LogP contribution in [-0.4, -0.2) is 74.9 Å². The molecule has 0 amide bonds. The average molecular weight is 255 g/mol. The third kappa shape index (κ3) is 3.44. The van der Waals surface area contributed by atoms with E-state index < -0.39 is 0 Å². The topological polar surface area (TPSA) is 27.7 Å². The molecule has 2 aliphatic heterocycles. The number of hydrogen-bond donors (Lipinski definition) is 1. The van der Waals surface area contributed by atoms with E-state index in [9.17, 15) is 0 Å². The molecule has 2 rings (SSSR count). The van der Waals surface area contributed by atoms with Gasteiger partial charge in [-0.25, -0.2) is 0 Å². The largest absolute Gasteiger partial charge is 0.380 e. The van der Waals surface area contributed by atoms with Crippen LogP contribution in [-0.2, 0) is 4.74 Å². The van der Waals surface area contributed by atoms with Gasteiger partial charge in [-0.2, -0.15) is 0 Å². The minimum atomic E-state index is 0.252. The molecule has 18 heavy (non-hydrogen) atoms. The molecule has 1 N–H and O–H groups in total. The third-order valence-electron chi connectivity index (χ3n) is 4.37. The second-order valence-corrected chi connectivity index (χ2v) is 7.01. The number of ether oxygens (including phenoxy) is 1. The van der Waals surface area contributed by atoms with E-state index in [1.54, 1.807) is 0 Å². The SMILES string of the molecule is CN1CCN(C(C)(C)CNCC2(C)COC2)CC1. The lowest BCUT2D eigenvalue weighted by atomic mass is 9.88. The summed E-state index contributed by atoms with van der Waals surface area (Å²) >= 11 is 0. The zero-order valence-corrected chi connectivity index (χ0v) is 12.5. The molecule has 0 aromatic carbocycles. The van der Waals surface area contributed by atoms with Gasteiger partial charge < -0.3 is 15.0 Å². The van der Waals surface area contributed by atoms with Crippen LogP contribution in [0, 0.1) is 5.41 Å². The number of rotatable bonds is 5. The predicted molar refractivity (Wildman–Crippen MR) is 74.9 cm³/mol. The second-order valence-electron chi connectivity index (χ2n) is 7.01. The van der Waals surface area contributed by atoms with Crippen LogP contribution in [0.5, 0.6) is 0 Å². The van der Waals surface area contributed by atoms with Gasteiger partial charge in [0.2, 0.25) is 0 Å². The number of nitrogens with zero attached hydrogens (tertiary/aromatic N) is 2. The second kappa shape index (κ2) is 5.45. The fourth-order valence-corrected chi connectivity index (χ4v) is 2.75. The Kier molecular flexibility index (Phi) is 4.32. The molecule has 0 atom stereocenters. The first kappa shape index (κ1) is 14.3. The van der Waals surface area contributed by atoms with E-state index in [0.717, 1.165) is 26.3 Å². The molecule has 0 aromatic rings. The average Bonchev–Trinajstić information content (AvgIpc) is 2.27. The molecule has 0 bridgehead atoms. The normalized spacial score (nSPS) is 26.0. The minimum absolute atomic E-state index is 0.252. The molecule has 4 nitrogen and oxygen atoms in total. The first-order valence-corrected chi connectivity index (χ1v) is 7.13. The first-order chi connectivity index (χ1) is 8.41. The van der Waals surface area contributed by atoms with Crippen LogP contribution in [0.1, 0.15) is 20.8 Å². The van der Waals surface area contributed by atoms with E-state index in [1.807, 2.05) is 0 Å². The highest BCUT2D eigenvalue weighted by Crippen LogP contribution is 2.25. The molecule has 0 radical (unpaired) electrons. The standard InChI is InChI=1S/C14H29N3O/c1-13(2,17-7-5-16(4)6-8-17)9-15-10-14(3)11-18-12-14/h15H,5-12H2,1-4H3. The number of likely N-dealkylation sites (N-methyl/N-ethyl adjacent to an activating group) is 1. The van der Waals surface area contributed by atoms with Gasteiger partial charge in [-0.1, -0.05) is 6.92 Å². The van der Waals surface area contributed by atoms with E-state index in [2.05, 4.69) is 42.9 Å². The van der Waals surface area contributed by atoms with Crippen LogP contribution >= 0.6 is 0 Å². The molecule has 2 fully saturated rings. The van der Waals surface area contributed by atoms with Gasteiger partial charge in [-0.3, -0.25) is 4.90 Å². The summed E-state index contributed by atoms with van der Waals surface area (Å²) in [5.41, 5.74) is 0.625. The molecule has 0 aliphatic carbocycles. The third-order valence-corrected chi connectivity index (χ3v) is 4.37. The smallest absolute Gasteiger partial charge is 0.0554 e. The van der Waals surface area contributed by atoms with Gasteiger partial charge in [-0.05, 0) is 20.9 Å². The molecule has 106 valence electrons. The zero-order chi connectivity index (χ0) is 13.2. The zero-order valence-electron chi connectivity index (χ0n) is 12.5. The summed E-state index contributed by atoms with van der Waals surface area (Å²) in [4.78, 5) is 5.02. The first-order valence-electron chi connectivity index (χ1n) is 7.13. The fraction of sp³-hybridized carbons (Fsp3) is 1.00. The van der Waals surface area contributed by atoms with Gasteiger partial charge in [0.05, 0.1) is 13.2 Å². The molecular formula is C14H29N3O. The Hall–Kier alpha value is -0.160. The molecule has 0 saturated carbocycles. The van der Waals surface area contributed by atoms with Gasteiger partial charge in [0.25, 0.3) is 0 Å². The van der Waals surface area contributed by atoms with E-state index >= 15 is 0 Å². The molecule has 4 heteroatoms. The van der Waals surface area contributed by atoms with Crippen LogP contribution in [0.15, 0.2) is 0 Å². The highest BCUT2D eigenvalue weighted by atomic mass is 16.5. The Balaban J connectivity index is 1.72. The number of piperazine rings is 1. The van der Waals surface area contributed by atoms with E-state index in [0.29, 0.717) is 5.41 Å². The van der Waals surface area contributed by atoms with Crippen molar-refractivity contribution in [1.29, 1.82) is 0 Å². The quantitative estimate of drug-likeness (QED) is 0.780. The number of nitrogens with one attached hydrogen (secondary N) is 1. The maximum Gasteiger partial charge on any atom is 0.0554 e. The minimum Gasteiger partial charge on any atom is -0.380 e.